The molecule has 8 heteroatoms. The molecule has 2 N–H and O–H groups in total. The second-order valence-electron chi connectivity index (χ2n) is 5.11. The molecule has 1 heterocycles. The van der Waals surface area contributed by atoms with E-state index < -0.39 is 10.0 Å². The minimum atomic E-state index is -3.58. The van der Waals surface area contributed by atoms with Gasteiger partial charge in [-0.3, -0.25) is 0 Å². The van der Waals surface area contributed by atoms with Crippen LogP contribution in [-0.4, -0.2) is 39.5 Å². The van der Waals surface area contributed by atoms with Crippen molar-refractivity contribution in [1.82, 2.24) is 4.31 Å². The lowest BCUT2D eigenvalue weighted by Crippen LogP contribution is -2.39. The highest BCUT2D eigenvalue weighted by Crippen LogP contribution is 2.35. The molecule has 0 aliphatic carbocycles. The normalized spacial score (nSPS) is 18.0. The van der Waals surface area contributed by atoms with Crippen molar-refractivity contribution in [3.8, 4) is 0 Å². The van der Waals surface area contributed by atoms with Gasteiger partial charge in [0.05, 0.1) is 5.69 Å². The van der Waals surface area contributed by atoms with Gasteiger partial charge in [-0.25, -0.2) is 8.42 Å². The van der Waals surface area contributed by atoms with Crippen LogP contribution in [0.15, 0.2) is 26.0 Å². The highest BCUT2D eigenvalue weighted by atomic mass is 79.9. The summed E-state index contributed by atoms with van der Waals surface area (Å²) < 4.78 is 33.4. The summed E-state index contributed by atoms with van der Waals surface area (Å²) in [4.78, 5) is 0.149. The third kappa shape index (κ3) is 3.79. The van der Waals surface area contributed by atoms with Crippen LogP contribution in [0.5, 0.6) is 0 Å². The fraction of sp³-hybridized carbons (Fsp3) is 0.538. The average molecular weight is 442 g/mol. The van der Waals surface area contributed by atoms with Crippen LogP contribution >= 0.6 is 31.9 Å². The number of methoxy groups -OCH3 is 1. The van der Waals surface area contributed by atoms with E-state index in [1.165, 1.54) is 4.31 Å². The Morgan fingerprint density at radius 1 is 1.33 bits per heavy atom. The van der Waals surface area contributed by atoms with Gasteiger partial charge in [0, 0.05) is 35.8 Å². The van der Waals surface area contributed by atoms with Crippen molar-refractivity contribution >= 4 is 47.6 Å². The number of hydrogen-bond donors (Lipinski definition) is 1. The highest BCUT2D eigenvalue weighted by molar-refractivity contribution is 9.11. The molecule has 0 radical (unpaired) electrons. The SMILES string of the molecule is COCC1CCN(S(=O)(=O)c2c(N)cc(Br)cc2Br)CC1. The molecule has 1 aromatic carbocycles. The molecule has 0 spiro atoms. The molecular formula is C13H18Br2N2O3S. The lowest BCUT2D eigenvalue weighted by molar-refractivity contribution is 0.121. The van der Waals surface area contributed by atoms with Gasteiger partial charge in [0.15, 0.2) is 0 Å². The number of rotatable bonds is 4. The monoisotopic (exact) mass is 440 g/mol. The number of halogens is 2. The first-order valence-corrected chi connectivity index (χ1v) is 9.62. The number of ether oxygens (including phenoxy) is 1. The van der Waals surface area contributed by atoms with Gasteiger partial charge < -0.3 is 10.5 Å². The van der Waals surface area contributed by atoms with Crippen LogP contribution in [0.2, 0.25) is 0 Å². The molecule has 118 valence electrons. The number of nitrogens with two attached hydrogens (primary N) is 1. The van der Waals surface area contributed by atoms with Crippen molar-refractivity contribution in [1.29, 1.82) is 0 Å². The van der Waals surface area contributed by atoms with Crippen molar-refractivity contribution < 1.29 is 13.2 Å². The van der Waals surface area contributed by atoms with E-state index >= 15 is 0 Å². The van der Waals surface area contributed by atoms with Gasteiger partial charge in [-0.15, -0.1) is 0 Å². The van der Waals surface area contributed by atoms with Gasteiger partial charge in [-0.2, -0.15) is 4.31 Å². The van der Waals surface area contributed by atoms with Crippen molar-refractivity contribution in [2.75, 3.05) is 32.5 Å². The molecule has 2 rings (SSSR count). The first-order valence-electron chi connectivity index (χ1n) is 6.60. The van der Waals surface area contributed by atoms with Crippen LogP contribution in [0.4, 0.5) is 5.69 Å². The van der Waals surface area contributed by atoms with Crippen molar-refractivity contribution in [2.24, 2.45) is 5.92 Å². The van der Waals surface area contributed by atoms with E-state index in [1.807, 2.05) is 0 Å². The third-order valence-electron chi connectivity index (χ3n) is 3.61. The molecule has 0 atom stereocenters. The van der Waals surface area contributed by atoms with Crippen LogP contribution < -0.4 is 5.73 Å². The zero-order valence-electron chi connectivity index (χ0n) is 11.7. The number of nitrogen functional groups attached to an aromatic ring is 1. The summed E-state index contributed by atoms with van der Waals surface area (Å²) in [5.41, 5.74) is 6.15. The van der Waals surface area contributed by atoms with Gasteiger partial charge in [0.25, 0.3) is 0 Å². The molecule has 1 aliphatic heterocycles. The van der Waals surface area contributed by atoms with E-state index in [2.05, 4.69) is 31.9 Å². The fourth-order valence-corrected chi connectivity index (χ4v) is 6.02. The molecule has 0 unspecified atom stereocenters. The van der Waals surface area contributed by atoms with E-state index in [0.717, 1.165) is 17.3 Å². The van der Waals surface area contributed by atoms with Crippen LogP contribution in [-0.2, 0) is 14.8 Å². The Morgan fingerprint density at radius 2 is 1.95 bits per heavy atom. The van der Waals surface area contributed by atoms with E-state index in [1.54, 1.807) is 19.2 Å². The molecule has 5 nitrogen and oxygen atoms in total. The second-order valence-corrected chi connectivity index (χ2v) is 8.75. The summed E-state index contributed by atoms with van der Waals surface area (Å²) in [6.07, 6.45) is 1.61. The fourth-order valence-electron chi connectivity index (χ4n) is 2.53. The third-order valence-corrected chi connectivity index (χ3v) is 6.97. The maximum absolute atomic E-state index is 12.8. The number of piperidine rings is 1. The molecule has 0 aromatic heterocycles. The second kappa shape index (κ2) is 6.95. The lowest BCUT2D eigenvalue weighted by Gasteiger charge is -2.31. The maximum Gasteiger partial charge on any atom is 0.246 e. The number of sulfonamides is 1. The molecular weight excluding hydrogens is 424 g/mol. The number of anilines is 1. The van der Waals surface area contributed by atoms with Gasteiger partial charge in [-0.1, -0.05) is 15.9 Å². The summed E-state index contributed by atoms with van der Waals surface area (Å²) in [6.45, 7) is 1.68. The zero-order chi connectivity index (χ0) is 15.6. The maximum atomic E-state index is 12.8. The van der Waals surface area contributed by atoms with Gasteiger partial charge in [-0.05, 0) is 46.8 Å². The first-order chi connectivity index (χ1) is 9.86. The molecule has 1 aliphatic rings. The molecule has 1 fully saturated rings. The predicted molar refractivity (Wildman–Crippen MR) is 89.6 cm³/mol. The molecule has 0 amide bonds. The lowest BCUT2D eigenvalue weighted by atomic mass is 9.99. The minimum absolute atomic E-state index is 0.149. The molecule has 1 saturated heterocycles. The Morgan fingerprint density at radius 3 is 2.48 bits per heavy atom. The molecule has 1 aromatic rings. The summed E-state index contributed by atoms with van der Waals surface area (Å²) in [7, 11) is -1.91. The van der Waals surface area contributed by atoms with Gasteiger partial charge >= 0.3 is 0 Å². The summed E-state index contributed by atoms with van der Waals surface area (Å²) >= 11 is 6.60. The van der Waals surface area contributed by atoms with Crippen molar-refractivity contribution in [2.45, 2.75) is 17.7 Å². The predicted octanol–water partition coefficient (Wildman–Crippen LogP) is 2.84. The average Bonchev–Trinajstić information content (AvgIpc) is 2.38. The highest BCUT2D eigenvalue weighted by Gasteiger charge is 2.32. The van der Waals surface area contributed by atoms with E-state index in [9.17, 15) is 8.42 Å². The zero-order valence-corrected chi connectivity index (χ0v) is 15.7. The van der Waals surface area contributed by atoms with Crippen molar-refractivity contribution in [3.05, 3.63) is 21.1 Å². The minimum Gasteiger partial charge on any atom is -0.398 e. The Balaban J connectivity index is 2.24. The molecule has 0 bridgehead atoms. The Hall–Kier alpha value is -0.150. The van der Waals surface area contributed by atoms with Crippen LogP contribution in [0.25, 0.3) is 0 Å². The summed E-state index contributed by atoms with van der Waals surface area (Å²) in [5.74, 6) is 0.423. The van der Waals surface area contributed by atoms with Gasteiger partial charge in [0.1, 0.15) is 4.90 Å². The Labute approximate surface area is 142 Å². The number of hydrogen-bond acceptors (Lipinski definition) is 4. The number of nitrogens with zero attached hydrogens (tertiary/aromatic N) is 1. The van der Waals surface area contributed by atoms with E-state index in [-0.39, 0.29) is 10.6 Å². The first kappa shape index (κ1) is 17.2. The van der Waals surface area contributed by atoms with E-state index in [0.29, 0.717) is 30.1 Å². The molecule has 21 heavy (non-hydrogen) atoms. The summed E-state index contributed by atoms with van der Waals surface area (Å²) in [6, 6.07) is 3.30. The standard InChI is InChI=1S/C13H18Br2N2O3S/c1-20-8-9-2-4-17(5-3-9)21(18,19)13-11(15)6-10(14)7-12(13)16/h6-7,9H,2-5,8,16H2,1H3. The van der Waals surface area contributed by atoms with Crippen LogP contribution in [0, 0.1) is 5.92 Å². The quantitative estimate of drug-likeness (QED) is 0.729. The smallest absolute Gasteiger partial charge is 0.246 e. The Bertz CT molecular complexity index is 591. The molecule has 0 saturated carbocycles. The van der Waals surface area contributed by atoms with Crippen LogP contribution in [0.3, 0.4) is 0 Å². The topological polar surface area (TPSA) is 72.6 Å². The van der Waals surface area contributed by atoms with E-state index in [4.69, 9.17) is 10.5 Å². The van der Waals surface area contributed by atoms with Gasteiger partial charge in [0.2, 0.25) is 10.0 Å². The Kier molecular flexibility index (Phi) is 5.70. The van der Waals surface area contributed by atoms with Crippen molar-refractivity contribution in [3.63, 3.8) is 0 Å². The number of benzene rings is 1. The summed E-state index contributed by atoms with van der Waals surface area (Å²) in [5, 5.41) is 0. The van der Waals surface area contributed by atoms with Crippen LogP contribution in [0.1, 0.15) is 12.8 Å². The largest absolute Gasteiger partial charge is 0.398 e.